The van der Waals surface area contributed by atoms with Crippen molar-refractivity contribution in [1.29, 1.82) is 0 Å². The van der Waals surface area contributed by atoms with Crippen molar-refractivity contribution in [3.05, 3.63) is 39.5 Å². The number of rotatable bonds is 3. The minimum atomic E-state index is -0.356. The number of benzene rings is 1. The fourth-order valence-corrected chi connectivity index (χ4v) is 5.00. The highest BCUT2D eigenvalue weighted by Gasteiger charge is 2.52. The lowest BCUT2D eigenvalue weighted by molar-refractivity contribution is -0.139. The maximum Gasteiger partial charge on any atom is 0.322 e. The van der Waals surface area contributed by atoms with Crippen LogP contribution in [0, 0.1) is 17.8 Å². The van der Waals surface area contributed by atoms with Gasteiger partial charge in [0.2, 0.25) is 5.91 Å². The number of nitrogens with one attached hydrogen (secondary N) is 3. The molecular weight excluding hydrogens is 446 g/mol. The Hall–Kier alpha value is -2.35. The summed E-state index contributed by atoms with van der Waals surface area (Å²) in [6.45, 7) is 9.15. The van der Waals surface area contributed by atoms with Crippen molar-refractivity contribution < 1.29 is 9.59 Å². The van der Waals surface area contributed by atoms with Crippen molar-refractivity contribution in [3.63, 3.8) is 0 Å². The maximum atomic E-state index is 13.1. The number of aryl methyl sites for hydroxylation is 1. The number of para-hydroxylation sites is 1. The van der Waals surface area contributed by atoms with Crippen LogP contribution < -0.4 is 10.6 Å². The van der Waals surface area contributed by atoms with Crippen molar-refractivity contribution in [1.82, 2.24) is 15.1 Å². The number of H-pyrrole nitrogens is 1. The number of hydrogen-bond acceptors (Lipinski definition) is 3. The Kier molecular flexibility index (Phi) is 5.16. The molecule has 4 rings (SSSR count). The van der Waals surface area contributed by atoms with Gasteiger partial charge in [-0.1, -0.05) is 39.3 Å². The molecule has 0 radical (unpaired) electrons. The van der Waals surface area contributed by atoms with Gasteiger partial charge in [0.25, 0.3) is 0 Å². The van der Waals surface area contributed by atoms with Gasteiger partial charge in [0.1, 0.15) is 0 Å². The van der Waals surface area contributed by atoms with Crippen molar-refractivity contribution in [2.45, 2.75) is 60.0 Å². The maximum absolute atomic E-state index is 13.1. The Morgan fingerprint density at radius 1 is 1.20 bits per heavy atom. The summed E-state index contributed by atoms with van der Waals surface area (Å²) in [6.07, 6.45) is 2.87. The van der Waals surface area contributed by atoms with E-state index in [-0.39, 0.29) is 22.8 Å². The summed E-state index contributed by atoms with van der Waals surface area (Å²) < 4.78 is 0.844. The molecule has 1 aliphatic carbocycles. The Morgan fingerprint density at radius 3 is 2.53 bits per heavy atom. The van der Waals surface area contributed by atoms with Crippen molar-refractivity contribution >= 4 is 39.4 Å². The largest absolute Gasteiger partial charge is 0.322 e. The Bertz CT molecular complexity index is 983. The van der Waals surface area contributed by atoms with Crippen LogP contribution in [0.15, 0.2) is 22.7 Å². The van der Waals surface area contributed by atoms with Crippen LogP contribution in [0.3, 0.4) is 0 Å². The highest BCUT2D eigenvalue weighted by Crippen LogP contribution is 2.54. The number of hydrogen-bond donors (Lipinski definition) is 3. The zero-order chi connectivity index (χ0) is 21.7. The summed E-state index contributed by atoms with van der Waals surface area (Å²) >= 11 is 3.49. The van der Waals surface area contributed by atoms with Crippen LogP contribution in [0.25, 0.3) is 0 Å². The second kappa shape index (κ2) is 7.41. The Labute approximate surface area is 185 Å². The van der Waals surface area contributed by atoms with E-state index in [2.05, 4.69) is 57.5 Å². The smallest absolute Gasteiger partial charge is 0.314 e. The van der Waals surface area contributed by atoms with Crippen molar-refractivity contribution in [2.24, 2.45) is 10.8 Å². The molecule has 1 saturated carbocycles. The van der Waals surface area contributed by atoms with Gasteiger partial charge in [-0.2, -0.15) is 5.10 Å². The van der Waals surface area contributed by atoms with E-state index >= 15 is 0 Å². The average Bonchev–Trinajstić information content (AvgIpc) is 3.18. The standard InChI is InChI=1S/C22H28BrN5O2/c1-13-7-5-8-15(23)17(13)24-20(30)28-11-14-16(12-28)26-27-18(14)25-19(29)22(9-6-10-22)21(2,3)4/h5,7-8H,6,9-12H2,1-4H3,(H,24,30)(H2,25,26,27,29). The first-order chi connectivity index (χ1) is 14.1. The fraction of sp³-hybridized carbons (Fsp3) is 0.500. The lowest BCUT2D eigenvalue weighted by Crippen LogP contribution is -2.51. The summed E-state index contributed by atoms with van der Waals surface area (Å²) in [4.78, 5) is 27.7. The van der Waals surface area contributed by atoms with Crippen molar-refractivity contribution in [3.8, 4) is 0 Å². The Balaban J connectivity index is 1.46. The minimum absolute atomic E-state index is 0.0299. The molecule has 3 N–H and O–H groups in total. The molecule has 2 aromatic rings. The van der Waals surface area contributed by atoms with E-state index in [1.54, 1.807) is 4.90 Å². The third-order valence-corrected chi connectivity index (χ3v) is 7.36. The van der Waals surface area contributed by atoms with Crippen molar-refractivity contribution in [2.75, 3.05) is 10.6 Å². The van der Waals surface area contributed by atoms with Gasteiger partial charge in [-0.05, 0) is 52.7 Å². The first-order valence-electron chi connectivity index (χ1n) is 10.3. The molecule has 1 aromatic heterocycles. The molecule has 0 saturated heterocycles. The SMILES string of the molecule is Cc1cccc(Br)c1NC(=O)N1Cc2[nH]nc(NC(=O)C3(C(C)(C)C)CCC3)c2C1. The molecule has 0 atom stereocenters. The molecule has 0 unspecified atom stereocenters. The van der Waals surface area contributed by atoms with Gasteiger partial charge in [0.15, 0.2) is 5.82 Å². The molecule has 1 aromatic carbocycles. The molecule has 1 fully saturated rings. The summed E-state index contributed by atoms with van der Waals surface area (Å²) in [5.41, 5.74) is 3.03. The van der Waals surface area contributed by atoms with E-state index in [1.807, 2.05) is 25.1 Å². The van der Waals surface area contributed by atoms with Crippen LogP contribution in [-0.2, 0) is 17.9 Å². The van der Waals surface area contributed by atoms with E-state index in [0.29, 0.717) is 18.9 Å². The van der Waals surface area contributed by atoms with Crippen LogP contribution in [0.5, 0.6) is 0 Å². The zero-order valence-corrected chi connectivity index (χ0v) is 19.4. The van der Waals surface area contributed by atoms with Crippen LogP contribution >= 0.6 is 15.9 Å². The second-order valence-corrected chi connectivity index (χ2v) is 10.2. The molecule has 2 aliphatic rings. The molecule has 8 heteroatoms. The Morgan fingerprint density at radius 2 is 1.93 bits per heavy atom. The number of carbonyl (C=O) groups is 2. The van der Waals surface area contributed by atoms with E-state index in [1.165, 1.54) is 0 Å². The monoisotopic (exact) mass is 473 g/mol. The predicted octanol–water partition coefficient (Wildman–Crippen LogP) is 5.18. The highest BCUT2D eigenvalue weighted by molar-refractivity contribution is 9.10. The third kappa shape index (κ3) is 3.41. The van der Waals surface area contributed by atoms with Gasteiger partial charge in [0, 0.05) is 10.0 Å². The van der Waals surface area contributed by atoms with Crippen LogP contribution in [-0.4, -0.2) is 27.0 Å². The average molecular weight is 474 g/mol. The van der Waals surface area contributed by atoms with Gasteiger partial charge in [-0.15, -0.1) is 0 Å². The second-order valence-electron chi connectivity index (χ2n) is 9.39. The van der Waals surface area contributed by atoms with Gasteiger partial charge < -0.3 is 15.5 Å². The molecule has 0 bridgehead atoms. The summed E-state index contributed by atoms with van der Waals surface area (Å²) in [7, 11) is 0. The molecular formula is C22H28BrN5O2. The number of fused-ring (bicyclic) bond motifs is 1. The first-order valence-corrected chi connectivity index (χ1v) is 11.1. The van der Waals surface area contributed by atoms with Gasteiger partial charge in [0.05, 0.1) is 29.9 Å². The number of nitrogens with zero attached hydrogens (tertiary/aromatic N) is 2. The van der Waals surface area contributed by atoms with Gasteiger partial charge >= 0.3 is 6.03 Å². The molecule has 30 heavy (non-hydrogen) atoms. The number of halogens is 1. The topological polar surface area (TPSA) is 90.1 Å². The summed E-state index contributed by atoms with van der Waals surface area (Å²) in [5, 5.41) is 13.3. The molecule has 3 amide bonds. The van der Waals surface area contributed by atoms with E-state index in [4.69, 9.17) is 0 Å². The summed E-state index contributed by atoms with van der Waals surface area (Å²) in [6, 6.07) is 5.61. The lowest BCUT2D eigenvalue weighted by Gasteiger charge is -2.49. The zero-order valence-electron chi connectivity index (χ0n) is 17.9. The predicted molar refractivity (Wildman–Crippen MR) is 120 cm³/mol. The number of amides is 3. The third-order valence-electron chi connectivity index (χ3n) is 6.70. The van der Waals surface area contributed by atoms with E-state index < -0.39 is 0 Å². The molecule has 2 heterocycles. The highest BCUT2D eigenvalue weighted by atomic mass is 79.9. The normalized spacial score (nSPS) is 17.3. The summed E-state index contributed by atoms with van der Waals surface area (Å²) in [5.74, 6) is 0.570. The van der Waals surface area contributed by atoms with Crippen LogP contribution in [0.1, 0.15) is 56.9 Å². The molecule has 1 aliphatic heterocycles. The number of aromatic amines is 1. The molecule has 0 spiro atoms. The first kappa shape index (κ1) is 20.9. The molecule has 7 nitrogen and oxygen atoms in total. The number of aromatic nitrogens is 2. The van der Waals surface area contributed by atoms with Gasteiger partial charge in [-0.3, -0.25) is 9.89 Å². The van der Waals surface area contributed by atoms with Crippen LogP contribution in [0.2, 0.25) is 0 Å². The quantitative estimate of drug-likeness (QED) is 0.573. The minimum Gasteiger partial charge on any atom is -0.314 e. The van der Waals surface area contributed by atoms with Crippen LogP contribution in [0.4, 0.5) is 16.3 Å². The number of anilines is 2. The van der Waals surface area contributed by atoms with E-state index in [9.17, 15) is 9.59 Å². The molecule has 160 valence electrons. The number of urea groups is 1. The van der Waals surface area contributed by atoms with Gasteiger partial charge in [-0.25, -0.2) is 4.79 Å². The van der Waals surface area contributed by atoms with E-state index in [0.717, 1.165) is 46.2 Å². The lowest BCUT2D eigenvalue weighted by atomic mass is 9.54. The number of carbonyl (C=O) groups excluding carboxylic acids is 2. The fourth-order valence-electron chi connectivity index (χ4n) is 4.44.